The molecule has 1 aromatic rings. The lowest BCUT2D eigenvalue weighted by Crippen LogP contribution is -2.45. The van der Waals surface area contributed by atoms with Crippen molar-refractivity contribution < 1.29 is 0 Å². The lowest BCUT2D eigenvalue weighted by atomic mass is 9.98. The fraction of sp³-hybridized carbons (Fsp3) is 0.769. The molecule has 1 aliphatic rings. The Morgan fingerprint density at radius 2 is 2.35 bits per heavy atom. The zero-order valence-electron chi connectivity index (χ0n) is 11.0. The molecule has 17 heavy (non-hydrogen) atoms. The maximum Gasteiger partial charge on any atom is 0.0537 e. The summed E-state index contributed by atoms with van der Waals surface area (Å²) in [4.78, 5) is 2.54. The number of hydrogen-bond donors (Lipinski definition) is 1. The quantitative estimate of drug-likeness (QED) is 0.867. The van der Waals surface area contributed by atoms with Gasteiger partial charge in [-0.25, -0.2) is 0 Å². The summed E-state index contributed by atoms with van der Waals surface area (Å²) >= 11 is 0. The van der Waals surface area contributed by atoms with Crippen LogP contribution in [-0.2, 0) is 6.54 Å². The largest absolute Gasteiger partial charge is 0.329 e. The first-order valence-electron chi connectivity index (χ1n) is 6.74. The van der Waals surface area contributed by atoms with Crippen molar-refractivity contribution in [2.75, 3.05) is 13.1 Å². The Balaban J connectivity index is 2.09. The molecule has 0 aromatic carbocycles. The predicted molar refractivity (Wildman–Crippen MR) is 69.7 cm³/mol. The molecule has 4 nitrogen and oxygen atoms in total. The molecule has 1 saturated heterocycles. The van der Waals surface area contributed by atoms with Gasteiger partial charge in [0.05, 0.1) is 6.20 Å². The molecule has 1 aliphatic heterocycles. The lowest BCUT2D eigenvalue weighted by Gasteiger charge is -2.39. The number of nitrogens with two attached hydrogens (primary N) is 1. The molecule has 4 heteroatoms. The van der Waals surface area contributed by atoms with Gasteiger partial charge in [0.25, 0.3) is 0 Å². The molecule has 0 radical (unpaired) electrons. The third-order valence-corrected chi connectivity index (χ3v) is 3.90. The number of aromatic nitrogens is 2. The van der Waals surface area contributed by atoms with Crippen molar-refractivity contribution in [1.29, 1.82) is 0 Å². The zero-order valence-corrected chi connectivity index (χ0v) is 11.0. The number of nitrogens with zero attached hydrogens (tertiary/aromatic N) is 3. The van der Waals surface area contributed by atoms with Crippen LogP contribution in [0.2, 0.25) is 0 Å². The minimum absolute atomic E-state index is 0.434. The number of aryl methyl sites for hydroxylation is 1. The normalized spacial score (nSPS) is 23.8. The molecule has 0 amide bonds. The van der Waals surface area contributed by atoms with E-state index in [-0.39, 0.29) is 0 Å². The van der Waals surface area contributed by atoms with Crippen molar-refractivity contribution in [3.8, 4) is 0 Å². The monoisotopic (exact) mass is 236 g/mol. The van der Waals surface area contributed by atoms with Gasteiger partial charge in [-0.2, -0.15) is 5.10 Å². The number of hydrogen-bond acceptors (Lipinski definition) is 3. The first-order chi connectivity index (χ1) is 8.26. The van der Waals surface area contributed by atoms with Crippen molar-refractivity contribution in [1.82, 2.24) is 14.7 Å². The van der Waals surface area contributed by atoms with E-state index in [2.05, 4.69) is 30.0 Å². The van der Waals surface area contributed by atoms with Crippen LogP contribution in [0.1, 0.15) is 44.7 Å². The van der Waals surface area contributed by atoms with Crippen molar-refractivity contribution in [2.45, 2.75) is 51.7 Å². The highest BCUT2D eigenvalue weighted by atomic mass is 15.3. The molecular weight excluding hydrogens is 212 g/mol. The fourth-order valence-corrected chi connectivity index (χ4v) is 2.75. The molecule has 0 aliphatic carbocycles. The molecule has 2 rings (SSSR count). The van der Waals surface area contributed by atoms with Crippen LogP contribution in [0.25, 0.3) is 0 Å². The van der Waals surface area contributed by atoms with Crippen molar-refractivity contribution in [2.24, 2.45) is 5.73 Å². The van der Waals surface area contributed by atoms with E-state index in [4.69, 9.17) is 5.73 Å². The Labute approximate surface area is 104 Å². The predicted octanol–water partition coefficient (Wildman–Crippen LogP) is 1.78. The molecule has 2 heterocycles. The Kier molecular flexibility index (Phi) is 4.18. The van der Waals surface area contributed by atoms with Gasteiger partial charge in [0, 0.05) is 36.9 Å². The van der Waals surface area contributed by atoms with Crippen LogP contribution in [0.4, 0.5) is 0 Å². The summed E-state index contributed by atoms with van der Waals surface area (Å²) in [7, 11) is 0. The summed E-state index contributed by atoms with van der Waals surface area (Å²) in [5.41, 5.74) is 7.19. The highest BCUT2D eigenvalue weighted by molar-refractivity contribution is 5.10. The molecule has 96 valence electrons. The fourth-order valence-electron chi connectivity index (χ4n) is 2.75. The van der Waals surface area contributed by atoms with Gasteiger partial charge in [-0.3, -0.25) is 9.58 Å². The van der Waals surface area contributed by atoms with E-state index < -0.39 is 0 Å². The second-order valence-corrected chi connectivity index (χ2v) is 4.93. The standard InChI is InChI=1S/C13H24N4/c1-3-16-10-12(9-15-16)11(2)17-7-5-4-6-13(17)8-14/h9-11,13H,3-8,14H2,1-2H3. The van der Waals surface area contributed by atoms with E-state index in [1.54, 1.807) is 0 Å². The second-order valence-electron chi connectivity index (χ2n) is 4.93. The Hall–Kier alpha value is -0.870. The summed E-state index contributed by atoms with van der Waals surface area (Å²) in [6, 6.07) is 0.980. The van der Waals surface area contributed by atoms with E-state index in [1.807, 2.05) is 10.9 Å². The summed E-state index contributed by atoms with van der Waals surface area (Å²) in [5.74, 6) is 0. The first-order valence-corrected chi connectivity index (χ1v) is 6.74. The van der Waals surface area contributed by atoms with Gasteiger partial charge in [-0.1, -0.05) is 6.42 Å². The second kappa shape index (κ2) is 5.65. The van der Waals surface area contributed by atoms with Gasteiger partial charge < -0.3 is 5.73 Å². The van der Waals surface area contributed by atoms with E-state index in [0.717, 1.165) is 13.1 Å². The Morgan fingerprint density at radius 3 is 3.00 bits per heavy atom. The summed E-state index contributed by atoms with van der Waals surface area (Å²) in [6.07, 6.45) is 8.01. The van der Waals surface area contributed by atoms with Gasteiger partial charge in [-0.05, 0) is 33.2 Å². The van der Waals surface area contributed by atoms with Crippen LogP contribution in [0.5, 0.6) is 0 Å². The van der Waals surface area contributed by atoms with Crippen LogP contribution in [0, 0.1) is 0 Å². The van der Waals surface area contributed by atoms with Crippen LogP contribution in [0.15, 0.2) is 12.4 Å². The first kappa shape index (κ1) is 12.6. The summed E-state index contributed by atoms with van der Waals surface area (Å²) in [6.45, 7) is 7.26. The topological polar surface area (TPSA) is 47.1 Å². The third kappa shape index (κ3) is 2.69. The van der Waals surface area contributed by atoms with Crippen LogP contribution in [-0.4, -0.2) is 33.8 Å². The summed E-state index contributed by atoms with van der Waals surface area (Å²) in [5, 5.41) is 4.36. The van der Waals surface area contributed by atoms with Gasteiger partial charge in [0.2, 0.25) is 0 Å². The molecule has 0 saturated carbocycles. The van der Waals surface area contributed by atoms with Crippen molar-refractivity contribution in [3.05, 3.63) is 18.0 Å². The molecule has 1 fully saturated rings. The van der Waals surface area contributed by atoms with Crippen molar-refractivity contribution in [3.63, 3.8) is 0 Å². The zero-order chi connectivity index (χ0) is 12.3. The molecule has 0 spiro atoms. The molecule has 1 aromatic heterocycles. The van der Waals surface area contributed by atoms with Crippen LogP contribution in [0.3, 0.4) is 0 Å². The van der Waals surface area contributed by atoms with Gasteiger partial charge in [0.15, 0.2) is 0 Å². The molecule has 2 unspecified atom stereocenters. The SMILES string of the molecule is CCn1cc(C(C)N2CCCCC2CN)cn1. The Morgan fingerprint density at radius 1 is 1.53 bits per heavy atom. The van der Waals surface area contributed by atoms with Gasteiger partial charge in [0.1, 0.15) is 0 Å². The smallest absolute Gasteiger partial charge is 0.0537 e. The Bertz CT molecular complexity index is 347. The summed E-state index contributed by atoms with van der Waals surface area (Å²) < 4.78 is 1.99. The maximum atomic E-state index is 5.88. The molecule has 2 atom stereocenters. The number of piperidine rings is 1. The van der Waals surface area contributed by atoms with Gasteiger partial charge >= 0.3 is 0 Å². The van der Waals surface area contributed by atoms with E-state index in [1.165, 1.54) is 31.4 Å². The van der Waals surface area contributed by atoms with Gasteiger partial charge in [-0.15, -0.1) is 0 Å². The maximum absolute atomic E-state index is 5.88. The number of rotatable bonds is 4. The van der Waals surface area contributed by atoms with Crippen LogP contribution < -0.4 is 5.73 Å². The van der Waals surface area contributed by atoms with E-state index in [9.17, 15) is 0 Å². The average Bonchev–Trinajstić information content (AvgIpc) is 2.86. The minimum atomic E-state index is 0.434. The molecule has 2 N–H and O–H groups in total. The van der Waals surface area contributed by atoms with Crippen molar-refractivity contribution >= 4 is 0 Å². The molecule has 0 bridgehead atoms. The van der Waals surface area contributed by atoms with E-state index >= 15 is 0 Å². The minimum Gasteiger partial charge on any atom is -0.329 e. The van der Waals surface area contributed by atoms with Crippen LogP contribution >= 0.6 is 0 Å². The molecular formula is C13H24N4. The highest BCUT2D eigenvalue weighted by Crippen LogP contribution is 2.27. The highest BCUT2D eigenvalue weighted by Gasteiger charge is 2.26. The lowest BCUT2D eigenvalue weighted by molar-refractivity contribution is 0.108. The van der Waals surface area contributed by atoms with E-state index in [0.29, 0.717) is 12.1 Å². The third-order valence-electron chi connectivity index (χ3n) is 3.90. The average molecular weight is 236 g/mol. The number of likely N-dealkylation sites (tertiary alicyclic amines) is 1.